The minimum absolute atomic E-state index is 0.114. The van der Waals surface area contributed by atoms with E-state index in [1.165, 1.54) is 0 Å². The number of urea groups is 1. The number of benzene rings is 1. The largest absolute Gasteiger partial charge is 0.338 e. The van der Waals surface area contributed by atoms with Crippen molar-refractivity contribution < 1.29 is 4.79 Å². The Kier molecular flexibility index (Phi) is 6.75. The number of nitrogens with one attached hydrogen (secondary N) is 2. The predicted molar refractivity (Wildman–Crippen MR) is 77.6 cm³/mol. The molecule has 100 valence electrons. The van der Waals surface area contributed by atoms with E-state index in [0.717, 1.165) is 23.0 Å². The summed E-state index contributed by atoms with van der Waals surface area (Å²) < 4.78 is 1.04. The third-order valence-corrected chi connectivity index (χ3v) is 2.96. The third-order valence-electron chi connectivity index (χ3n) is 2.43. The summed E-state index contributed by atoms with van der Waals surface area (Å²) in [5.41, 5.74) is 1.08. The van der Waals surface area contributed by atoms with Crippen molar-refractivity contribution in [2.24, 2.45) is 0 Å². The Morgan fingerprint density at radius 2 is 1.89 bits per heavy atom. The maximum absolute atomic E-state index is 11.5. The van der Waals surface area contributed by atoms with Gasteiger partial charge in [-0.3, -0.25) is 0 Å². The molecule has 1 aromatic rings. The van der Waals surface area contributed by atoms with Gasteiger partial charge in [0.05, 0.1) is 0 Å². The van der Waals surface area contributed by atoms with Crippen LogP contribution in [0.2, 0.25) is 0 Å². The molecule has 1 rings (SSSR count). The van der Waals surface area contributed by atoms with E-state index >= 15 is 0 Å². The summed E-state index contributed by atoms with van der Waals surface area (Å²) in [6.45, 7) is 2.23. The van der Waals surface area contributed by atoms with Crippen LogP contribution in [0.3, 0.4) is 0 Å². The molecule has 0 heterocycles. The van der Waals surface area contributed by atoms with E-state index in [4.69, 9.17) is 0 Å². The first-order chi connectivity index (χ1) is 8.58. The minimum Gasteiger partial charge on any atom is -0.338 e. The molecule has 2 N–H and O–H groups in total. The van der Waals surface area contributed by atoms with E-state index in [-0.39, 0.29) is 6.03 Å². The fourth-order valence-electron chi connectivity index (χ4n) is 1.44. The number of hydrogen-bond donors (Lipinski definition) is 2. The molecule has 2 amide bonds. The highest BCUT2D eigenvalue weighted by Gasteiger charge is 2.00. The fraction of sp³-hybridized carbons (Fsp3) is 0.462. The minimum atomic E-state index is -0.114. The first-order valence-electron chi connectivity index (χ1n) is 5.99. The van der Waals surface area contributed by atoms with Crippen molar-refractivity contribution in [3.8, 4) is 0 Å². The molecule has 0 radical (unpaired) electrons. The van der Waals surface area contributed by atoms with Gasteiger partial charge in [0.2, 0.25) is 0 Å². The van der Waals surface area contributed by atoms with E-state index in [1.807, 2.05) is 38.4 Å². The second-order valence-electron chi connectivity index (χ2n) is 4.39. The Labute approximate surface area is 117 Å². The summed E-state index contributed by atoms with van der Waals surface area (Å²) in [6.07, 6.45) is 0.957. The van der Waals surface area contributed by atoms with Crippen molar-refractivity contribution in [2.75, 3.05) is 27.2 Å². The quantitative estimate of drug-likeness (QED) is 0.791. The summed E-state index contributed by atoms with van der Waals surface area (Å²) in [4.78, 5) is 13.6. The Morgan fingerprint density at radius 3 is 2.50 bits per heavy atom. The summed E-state index contributed by atoms with van der Waals surface area (Å²) >= 11 is 3.38. The zero-order valence-corrected chi connectivity index (χ0v) is 12.5. The van der Waals surface area contributed by atoms with Gasteiger partial charge in [0.1, 0.15) is 0 Å². The number of amides is 2. The highest BCUT2D eigenvalue weighted by Crippen LogP contribution is 2.09. The molecule has 18 heavy (non-hydrogen) atoms. The van der Waals surface area contributed by atoms with E-state index in [0.29, 0.717) is 13.1 Å². The average molecular weight is 314 g/mol. The van der Waals surface area contributed by atoms with Gasteiger partial charge in [-0.1, -0.05) is 28.1 Å². The van der Waals surface area contributed by atoms with Crippen molar-refractivity contribution in [2.45, 2.75) is 13.0 Å². The van der Waals surface area contributed by atoms with E-state index in [9.17, 15) is 4.79 Å². The molecule has 0 aliphatic heterocycles. The number of carbonyl (C=O) groups excluding carboxylic acids is 1. The van der Waals surface area contributed by atoms with Gasteiger partial charge in [-0.15, -0.1) is 0 Å². The lowest BCUT2D eigenvalue weighted by molar-refractivity contribution is 0.240. The number of hydrogen-bond acceptors (Lipinski definition) is 2. The van der Waals surface area contributed by atoms with E-state index < -0.39 is 0 Å². The average Bonchev–Trinajstić information content (AvgIpc) is 2.34. The van der Waals surface area contributed by atoms with Crippen molar-refractivity contribution >= 4 is 22.0 Å². The predicted octanol–water partition coefficient (Wildman–Crippen LogP) is 2.20. The molecule has 0 saturated heterocycles. The lowest BCUT2D eigenvalue weighted by atomic mass is 10.2. The molecular formula is C13H20BrN3O. The highest BCUT2D eigenvalue weighted by atomic mass is 79.9. The second-order valence-corrected chi connectivity index (χ2v) is 5.31. The monoisotopic (exact) mass is 313 g/mol. The van der Waals surface area contributed by atoms with Crippen molar-refractivity contribution in [3.63, 3.8) is 0 Å². The van der Waals surface area contributed by atoms with E-state index in [1.54, 1.807) is 0 Å². The number of rotatable bonds is 6. The number of halogens is 1. The smallest absolute Gasteiger partial charge is 0.315 e. The molecule has 4 nitrogen and oxygen atoms in total. The van der Waals surface area contributed by atoms with Gasteiger partial charge in [0.25, 0.3) is 0 Å². The van der Waals surface area contributed by atoms with Gasteiger partial charge in [-0.2, -0.15) is 0 Å². The molecule has 0 bridgehead atoms. The molecule has 0 spiro atoms. The molecule has 0 saturated carbocycles. The molecule has 1 aromatic carbocycles. The van der Waals surface area contributed by atoms with Crippen LogP contribution >= 0.6 is 15.9 Å². The van der Waals surface area contributed by atoms with Crippen LogP contribution in [0.1, 0.15) is 12.0 Å². The van der Waals surface area contributed by atoms with E-state index in [2.05, 4.69) is 31.5 Å². The van der Waals surface area contributed by atoms with Crippen LogP contribution < -0.4 is 10.6 Å². The summed E-state index contributed by atoms with van der Waals surface area (Å²) in [6, 6.07) is 7.78. The van der Waals surface area contributed by atoms with Crippen LogP contribution in [-0.2, 0) is 6.54 Å². The standard InChI is InChI=1S/C13H20BrN3O/c1-17(2)9-3-8-15-13(18)16-10-11-4-6-12(14)7-5-11/h4-7H,3,8-10H2,1-2H3,(H2,15,16,18). The lowest BCUT2D eigenvalue weighted by Gasteiger charge is -2.10. The molecular weight excluding hydrogens is 294 g/mol. The maximum Gasteiger partial charge on any atom is 0.315 e. The molecule has 0 aliphatic carbocycles. The van der Waals surface area contributed by atoms with Crippen LogP contribution in [0.5, 0.6) is 0 Å². The molecule has 0 unspecified atom stereocenters. The van der Waals surface area contributed by atoms with Gasteiger partial charge >= 0.3 is 6.03 Å². The first-order valence-corrected chi connectivity index (χ1v) is 6.78. The Hall–Kier alpha value is -1.07. The maximum atomic E-state index is 11.5. The third kappa shape index (κ3) is 6.61. The molecule has 0 fully saturated rings. The fourth-order valence-corrected chi connectivity index (χ4v) is 1.71. The van der Waals surface area contributed by atoms with Crippen molar-refractivity contribution in [3.05, 3.63) is 34.3 Å². The lowest BCUT2D eigenvalue weighted by Crippen LogP contribution is -2.36. The van der Waals surface area contributed by atoms with Gasteiger partial charge in [-0.25, -0.2) is 4.79 Å². The number of carbonyl (C=O) groups is 1. The molecule has 0 atom stereocenters. The second kappa shape index (κ2) is 8.11. The van der Waals surface area contributed by atoms with Gasteiger partial charge in [0.15, 0.2) is 0 Å². The van der Waals surface area contributed by atoms with Crippen molar-refractivity contribution in [1.29, 1.82) is 0 Å². The normalized spacial score (nSPS) is 10.4. The van der Waals surface area contributed by atoms with Gasteiger partial charge in [-0.05, 0) is 44.8 Å². The van der Waals surface area contributed by atoms with Crippen molar-refractivity contribution in [1.82, 2.24) is 15.5 Å². The van der Waals surface area contributed by atoms with Gasteiger partial charge < -0.3 is 15.5 Å². The number of nitrogens with zero attached hydrogens (tertiary/aromatic N) is 1. The Morgan fingerprint density at radius 1 is 1.22 bits per heavy atom. The molecule has 0 aliphatic rings. The first kappa shape index (κ1) is 15.0. The zero-order chi connectivity index (χ0) is 13.4. The summed E-state index contributed by atoms with van der Waals surface area (Å²) in [5, 5.41) is 5.66. The Bertz CT molecular complexity index is 365. The van der Waals surface area contributed by atoms with Crippen LogP contribution in [0.25, 0.3) is 0 Å². The highest BCUT2D eigenvalue weighted by molar-refractivity contribution is 9.10. The van der Waals surface area contributed by atoms with Crippen LogP contribution in [-0.4, -0.2) is 38.1 Å². The van der Waals surface area contributed by atoms with Crippen LogP contribution in [0.15, 0.2) is 28.7 Å². The van der Waals surface area contributed by atoms with Crippen LogP contribution in [0.4, 0.5) is 4.79 Å². The van der Waals surface area contributed by atoms with Crippen LogP contribution in [0, 0.1) is 0 Å². The topological polar surface area (TPSA) is 44.4 Å². The zero-order valence-electron chi connectivity index (χ0n) is 10.9. The SMILES string of the molecule is CN(C)CCCNC(=O)NCc1ccc(Br)cc1. The Balaban J connectivity index is 2.15. The molecule has 0 aromatic heterocycles. The summed E-state index contributed by atoms with van der Waals surface area (Å²) in [5.74, 6) is 0. The molecule has 5 heteroatoms. The summed E-state index contributed by atoms with van der Waals surface area (Å²) in [7, 11) is 4.04. The van der Waals surface area contributed by atoms with Gasteiger partial charge in [0, 0.05) is 17.6 Å².